The van der Waals surface area contributed by atoms with Crippen LogP contribution in [0.25, 0.3) is 0 Å². The molecule has 1 aromatic carbocycles. The van der Waals surface area contributed by atoms with Gasteiger partial charge in [-0.25, -0.2) is 0 Å². The highest BCUT2D eigenvalue weighted by atomic mass is 79.9. The number of nitrogens with two attached hydrogens (primary N) is 2. The van der Waals surface area contributed by atoms with Gasteiger partial charge in [0.1, 0.15) is 6.04 Å². The van der Waals surface area contributed by atoms with E-state index < -0.39 is 11.9 Å². The van der Waals surface area contributed by atoms with Crippen LogP contribution in [0.1, 0.15) is 5.56 Å². The fourth-order valence-electron chi connectivity index (χ4n) is 1.34. The molecule has 0 aromatic heterocycles. The van der Waals surface area contributed by atoms with E-state index in [-0.39, 0.29) is 0 Å². The van der Waals surface area contributed by atoms with Crippen LogP contribution in [0.2, 0.25) is 0 Å². The smallest absolute Gasteiger partial charge is 0.236 e. The Kier molecular flexibility index (Phi) is 5.40. The number of amides is 1. The number of benzene rings is 1. The number of anilines is 1. The molecule has 1 rings (SSSR count). The van der Waals surface area contributed by atoms with Crippen molar-refractivity contribution in [2.24, 2.45) is 11.5 Å². The van der Waals surface area contributed by atoms with Crippen LogP contribution < -0.4 is 16.8 Å². The lowest BCUT2D eigenvalue weighted by Crippen LogP contribution is -2.41. The number of carbonyl (C=O) groups excluding carboxylic acids is 1. The first-order valence-corrected chi connectivity index (χ1v) is 5.90. The number of hydrogen-bond acceptors (Lipinski definition) is 4. The first-order valence-electron chi connectivity index (χ1n) is 5.11. The highest BCUT2D eigenvalue weighted by Crippen LogP contribution is 2.25. The fraction of sp³-hybridized carbons (Fsp3) is 0.364. The quantitative estimate of drug-likeness (QED) is 0.725. The lowest BCUT2D eigenvalue weighted by molar-refractivity contribution is -0.118. The first-order chi connectivity index (χ1) is 8.06. The normalized spacial score (nSPS) is 12.2. The second-order valence-electron chi connectivity index (χ2n) is 3.59. The Morgan fingerprint density at radius 2 is 2.29 bits per heavy atom. The summed E-state index contributed by atoms with van der Waals surface area (Å²) in [6, 6.07) is 5.01. The third-order valence-corrected chi connectivity index (χ3v) is 3.03. The molecule has 0 aliphatic carbocycles. The second-order valence-corrected chi connectivity index (χ2v) is 4.44. The van der Waals surface area contributed by atoms with E-state index in [4.69, 9.17) is 16.2 Å². The lowest BCUT2D eigenvalue weighted by atomic mass is 10.2. The van der Waals surface area contributed by atoms with Crippen LogP contribution in [-0.4, -0.2) is 25.6 Å². The third kappa shape index (κ3) is 3.99. The van der Waals surface area contributed by atoms with Gasteiger partial charge in [0, 0.05) is 29.4 Å². The van der Waals surface area contributed by atoms with E-state index in [1.165, 1.54) is 0 Å². The number of carbonyl (C=O) groups is 1. The van der Waals surface area contributed by atoms with Gasteiger partial charge in [-0.3, -0.25) is 4.79 Å². The summed E-state index contributed by atoms with van der Waals surface area (Å²) >= 11 is 3.44. The molecule has 0 aliphatic rings. The molecular formula is C11H16BrN3O2. The minimum absolute atomic E-state index is 0.294. The molecule has 5 nitrogen and oxygen atoms in total. The molecule has 5 N–H and O–H groups in total. The first kappa shape index (κ1) is 14.0. The van der Waals surface area contributed by atoms with E-state index in [9.17, 15) is 4.79 Å². The molecule has 1 atom stereocenters. The standard InChI is InChI=1S/C11H16BrN3O2/c1-17-6-7-8(12)3-2-4-10(7)15-5-9(13)11(14)16/h2-4,9,15H,5-6,13H2,1H3,(H2,14,16). The van der Waals surface area contributed by atoms with Crippen molar-refractivity contribution in [2.45, 2.75) is 12.6 Å². The van der Waals surface area contributed by atoms with E-state index in [0.717, 1.165) is 15.7 Å². The molecule has 0 bridgehead atoms. The summed E-state index contributed by atoms with van der Waals surface area (Å²) in [5.74, 6) is -0.527. The number of rotatable bonds is 6. The molecule has 6 heteroatoms. The predicted octanol–water partition coefficient (Wildman–Crippen LogP) is 0.820. The van der Waals surface area contributed by atoms with Crippen molar-refractivity contribution < 1.29 is 9.53 Å². The topological polar surface area (TPSA) is 90.4 Å². The van der Waals surface area contributed by atoms with E-state index in [2.05, 4.69) is 21.2 Å². The summed E-state index contributed by atoms with van der Waals surface area (Å²) in [5.41, 5.74) is 12.5. The zero-order valence-electron chi connectivity index (χ0n) is 9.57. The summed E-state index contributed by atoms with van der Waals surface area (Å²) in [6.07, 6.45) is 0. The summed E-state index contributed by atoms with van der Waals surface area (Å²) < 4.78 is 6.05. The molecule has 1 aromatic rings. The Morgan fingerprint density at radius 3 is 2.88 bits per heavy atom. The Hall–Kier alpha value is -1.11. The number of nitrogens with one attached hydrogen (secondary N) is 1. The van der Waals surface area contributed by atoms with Crippen molar-refractivity contribution in [3.05, 3.63) is 28.2 Å². The molecule has 94 valence electrons. The van der Waals surface area contributed by atoms with Crippen molar-refractivity contribution in [2.75, 3.05) is 19.0 Å². The molecule has 0 radical (unpaired) electrons. The lowest BCUT2D eigenvalue weighted by Gasteiger charge is -2.15. The molecule has 0 saturated heterocycles. The average molecular weight is 302 g/mol. The maximum absolute atomic E-state index is 10.8. The number of halogens is 1. The van der Waals surface area contributed by atoms with Gasteiger partial charge in [-0.15, -0.1) is 0 Å². The van der Waals surface area contributed by atoms with Crippen molar-refractivity contribution in [1.29, 1.82) is 0 Å². The van der Waals surface area contributed by atoms with Gasteiger partial charge >= 0.3 is 0 Å². The molecule has 17 heavy (non-hydrogen) atoms. The van der Waals surface area contributed by atoms with Crippen molar-refractivity contribution in [1.82, 2.24) is 0 Å². The van der Waals surface area contributed by atoms with Crippen LogP contribution in [0, 0.1) is 0 Å². The summed E-state index contributed by atoms with van der Waals surface area (Å²) in [6.45, 7) is 0.762. The molecule has 0 saturated carbocycles. The molecule has 0 heterocycles. The summed E-state index contributed by atoms with van der Waals surface area (Å²) in [5, 5.41) is 3.08. The van der Waals surface area contributed by atoms with Gasteiger partial charge < -0.3 is 21.5 Å². The third-order valence-electron chi connectivity index (χ3n) is 2.29. The van der Waals surface area contributed by atoms with Crippen LogP contribution in [0.3, 0.4) is 0 Å². The largest absolute Gasteiger partial charge is 0.383 e. The van der Waals surface area contributed by atoms with E-state index >= 15 is 0 Å². The van der Waals surface area contributed by atoms with Gasteiger partial charge in [-0.2, -0.15) is 0 Å². The molecule has 1 amide bonds. The molecular weight excluding hydrogens is 286 g/mol. The Morgan fingerprint density at radius 1 is 1.59 bits per heavy atom. The van der Waals surface area contributed by atoms with Crippen LogP contribution in [-0.2, 0) is 16.1 Å². The van der Waals surface area contributed by atoms with Crippen LogP contribution >= 0.6 is 15.9 Å². The van der Waals surface area contributed by atoms with E-state index in [1.54, 1.807) is 7.11 Å². The predicted molar refractivity (Wildman–Crippen MR) is 70.5 cm³/mol. The number of ether oxygens (including phenoxy) is 1. The van der Waals surface area contributed by atoms with Crippen LogP contribution in [0.15, 0.2) is 22.7 Å². The van der Waals surface area contributed by atoms with E-state index in [0.29, 0.717) is 13.2 Å². The van der Waals surface area contributed by atoms with Gasteiger partial charge in [0.2, 0.25) is 5.91 Å². The Balaban J connectivity index is 2.76. The molecule has 1 unspecified atom stereocenters. The fourth-order valence-corrected chi connectivity index (χ4v) is 1.82. The van der Waals surface area contributed by atoms with Crippen LogP contribution in [0.4, 0.5) is 5.69 Å². The Bertz CT molecular complexity index is 398. The number of hydrogen-bond donors (Lipinski definition) is 3. The summed E-state index contributed by atoms with van der Waals surface area (Å²) in [7, 11) is 1.62. The highest BCUT2D eigenvalue weighted by molar-refractivity contribution is 9.10. The maximum atomic E-state index is 10.8. The minimum Gasteiger partial charge on any atom is -0.383 e. The molecule has 0 fully saturated rings. The monoisotopic (exact) mass is 301 g/mol. The SMILES string of the molecule is COCc1c(Br)cccc1NCC(N)C(N)=O. The van der Waals surface area contributed by atoms with Crippen molar-refractivity contribution in [3.8, 4) is 0 Å². The second kappa shape index (κ2) is 6.58. The van der Waals surface area contributed by atoms with Crippen molar-refractivity contribution in [3.63, 3.8) is 0 Å². The van der Waals surface area contributed by atoms with Gasteiger partial charge in [0.25, 0.3) is 0 Å². The summed E-state index contributed by atoms with van der Waals surface area (Å²) in [4.78, 5) is 10.8. The van der Waals surface area contributed by atoms with Gasteiger partial charge in [-0.1, -0.05) is 22.0 Å². The molecule has 0 aliphatic heterocycles. The van der Waals surface area contributed by atoms with Crippen molar-refractivity contribution >= 4 is 27.5 Å². The highest BCUT2D eigenvalue weighted by Gasteiger charge is 2.11. The van der Waals surface area contributed by atoms with Gasteiger partial charge in [0.15, 0.2) is 0 Å². The zero-order chi connectivity index (χ0) is 12.8. The maximum Gasteiger partial charge on any atom is 0.236 e. The van der Waals surface area contributed by atoms with Gasteiger partial charge in [0.05, 0.1) is 6.61 Å². The molecule has 0 spiro atoms. The van der Waals surface area contributed by atoms with E-state index in [1.807, 2.05) is 18.2 Å². The average Bonchev–Trinajstić information content (AvgIpc) is 2.29. The number of primary amides is 1. The minimum atomic E-state index is -0.704. The number of methoxy groups -OCH3 is 1. The zero-order valence-corrected chi connectivity index (χ0v) is 11.2. The Labute approximate surface area is 109 Å². The van der Waals surface area contributed by atoms with Crippen LogP contribution in [0.5, 0.6) is 0 Å². The van der Waals surface area contributed by atoms with Gasteiger partial charge in [-0.05, 0) is 12.1 Å².